The topological polar surface area (TPSA) is 91.5 Å². The van der Waals surface area contributed by atoms with E-state index in [1.807, 2.05) is 18.2 Å². The predicted octanol–water partition coefficient (Wildman–Crippen LogP) is 1.09. The molecule has 1 aliphatic heterocycles. The Morgan fingerprint density at radius 3 is 3.08 bits per heavy atom. The summed E-state index contributed by atoms with van der Waals surface area (Å²) >= 11 is 0. The molecule has 3 aromatic rings. The van der Waals surface area contributed by atoms with E-state index in [2.05, 4.69) is 30.3 Å². The largest absolute Gasteiger partial charge is 0.394 e. The van der Waals surface area contributed by atoms with Crippen LogP contribution in [0.2, 0.25) is 0 Å². The zero-order valence-electron chi connectivity index (χ0n) is 13.2. The molecule has 24 heavy (non-hydrogen) atoms. The van der Waals surface area contributed by atoms with Crippen molar-refractivity contribution in [3.8, 4) is 0 Å². The van der Waals surface area contributed by atoms with Crippen LogP contribution in [0, 0.1) is 0 Å². The lowest BCUT2D eigenvalue weighted by atomic mass is 10.2. The van der Waals surface area contributed by atoms with E-state index in [1.165, 1.54) is 0 Å². The molecule has 0 amide bonds. The summed E-state index contributed by atoms with van der Waals surface area (Å²) in [6.07, 6.45) is 7.14. The number of fused-ring (bicyclic) bond motifs is 1. The Kier molecular flexibility index (Phi) is 3.96. The van der Waals surface area contributed by atoms with Gasteiger partial charge in [-0.2, -0.15) is 5.10 Å². The van der Waals surface area contributed by atoms with Crippen LogP contribution in [0.25, 0.3) is 5.65 Å². The van der Waals surface area contributed by atoms with E-state index < -0.39 is 0 Å². The van der Waals surface area contributed by atoms with Crippen molar-refractivity contribution in [2.75, 3.05) is 23.4 Å². The molecule has 4 rings (SSSR count). The molecule has 2 N–H and O–H groups in total. The van der Waals surface area contributed by atoms with Crippen molar-refractivity contribution in [3.05, 3.63) is 42.6 Å². The number of rotatable bonds is 5. The minimum absolute atomic E-state index is 0.150. The molecule has 1 fully saturated rings. The molecule has 124 valence electrons. The Morgan fingerprint density at radius 1 is 1.21 bits per heavy atom. The van der Waals surface area contributed by atoms with Gasteiger partial charge in [-0.05, 0) is 18.9 Å². The molecule has 0 bridgehead atoms. The van der Waals surface area contributed by atoms with Gasteiger partial charge >= 0.3 is 0 Å². The lowest BCUT2D eigenvalue weighted by Gasteiger charge is -2.24. The zero-order chi connectivity index (χ0) is 16.4. The van der Waals surface area contributed by atoms with Gasteiger partial charge in [-0.15, -0.1) is 0 Å². The SMILES string of the molecule is OCC1CCCN1c1cc(NCc2ccnc3ccnn23)ncn1. The molecule has 1 saturated heterocycles. The van der Waals surface area contributed by atoms with E-state index in [1.54, 1.807) is 23.2 Å². The smallest absolute Gasteiger partial charge is 0.155 e. The normalized spacial score (nSPS) is 17.5. The van der Waals surface area contributed by atoms with Crippen LogP contribution in [0.15, 0.2) is 36.9 Å². The van der Waals surface area contributed by atoms with Crippen LogP contribution in [0.4, 0.5) is 11.6 Å². The van der Waals surface area contributed by atoms with Crippen molar-refractivity contribution in [1.29, 1.82) is 0 Å². The Labute approximate surface area is 139 Å². The van der Waals surface area contributed by atoms with Crippen molar-refractivity contribution in [2.24, 2.45) is 0 Å². The lowest BCUT2D eigenvalue weighted by Crippen LogP contribution is -2.32. The van der Waals surface area contributed by atoms with Gasteiger partial charge in [0.25, 0.3) is 0 Å². The summed E-state index contributed by atoms with van der Waals surface area (Å²) in [5, 5.41) is 17.1. The van der Waals surface area contributed by atoms with Crippen molar-refractivity contribution in [3.63, 3.8) is 0 Å². The molecule has 8 nitrogen and oxygen atoms in total. The van der Waals surface area contributed by atoms with Gasteiger partial charge in [-0.25, -0.2) is 19.5 Å². The predicted molar refractivity (Wildman–Crippen MR) is 89.8 cm³/mol. The quantitative estimate of drug-likeness (QED) is 0.725. The van der Waals surface area contributed by atoms with Crippen LogP contribution < -0.4 is 10.2 Å². The van der Waals surface area contributed by atoms with Crippen molar-refractivity contribution >= 4 is 17.3 Å². The second-order valence-corrected chi connectivity index (χ2v) is 5.82. The Bertz CT molecular complexity index is 834. The van der Waals surface area contributed by atoms with E-state index in [4.69, 9.17) is 0 Å². The number of aromatic nitrogens is 5. The summed E-state index contributed by atoms with van der Waals surface area (Å²) in [6.45, 7) is 1.65. The van der Waals surface area contributed by atoms with Gasteiger partial charge in [0, 0.05) is 24.9 Å². The third-order valence-corrected chi connectivity index (χ3v) is 4.35. The summed E-state index contributed by atoms with van der Waals surface area (Å²) in [5.41, 5.74) is 1.82. The lowest BCUT2D eigenvalue weighted by molar-refractivity contribution is 0.266. The van der Waals surface area contributed by atoms with Crippen LogP contribution in [0.5, 0.6) is 0 Å². The average Bonchev–Trinajstić information content (AvgIpc) is 3.29. The maximum Gasteiger partial charge on any atom is 0.155 e. The summed E-state index contributed by atoms with van der Waals surface area (Å²) in [7, 11) is 0. The number of hydrogen-bond acceptors (Lipinski definition) is 7. The molecular weight excluding hydrogens is 306 g/mol. The summed E-state index contributed by atoms with van der Waals surface area (Å²) in [6, 6.07) is 5.87. The van der Waals surface area contributed by atoms with Gasteiger partial charge in [-0.3, -0.25) is 0 Å². The first kappa shape index (κ1) is 14.8. The molecule has 1 aliphatic rings. The Hall–Kier alpha value is -2.74. The molecule has 0 aliphatic carbocycles. The number of aliphatic hydroxyl groups is 1. The highest BCUT2D eigenvalue weighted by molar-refractivity contribution is 5.50. The van der Waals surface area contributed by atoms with Crippen LogP contribution in [-0.4, -0.2) is 48.9 Å². The first-order chi connectivity index (χ1) is 11.8. The standard InChI is InChI=1S/C16H19N7O/c24-10-13-2-1-7-22(13)16-8-14(19-11-20-16)18-9-12-3-5-17-15-4-6-21-23(12)15/h3-6,8,11,13,24H,1-2,7,9-10H2,(H,18,19,20). The van der Waals surface area contributed by atoms with Crippen molar-refractivity contribution in [1.82, 2.24) is 24.6 Å². The van der Waals surface area contributed by atoms with Crippen LogP contribution in [0.3, 0.4) is 0 Å². The Morgan fingerprint density at radius 2 is 2.17 bits per heavy atom. The molecule has 0 aromatic carbocycles. The van der Waals surface area contributed by atoms with Crippen LogP contribution in [-0.2, 0) is 6.54 Å². The van der Waals surface area contributed by atoms with Crippen LogP contribution >= 0.6 is 0 Å². The second kappa shape index (κ2) is 6.40. The fourth-order valence-electron chi connectivity index (χ4n) is 3.13. The summed E-state index contributed by atoms with van der Waals surface area (Å²) in [5.74, 6) is 1.60. The highest BCUT2D eigenvalue weighted by Gasteiger charge is 2.25. The molecule has 0 radical (unpaired) electrons. The molecule has 0 saturated carbocycles. The molecule has 4 heterocycles. The highest BCUT2D eigenvalue weighted by Crippen LogP contribution is 2.24. The minimum atomic E-state index is 0.150. The fourth-order valence-corrected chi connectivity index (χ4v) is 3.13. The zero-order valence-corrected chi connectivity index (χ0v) is 13.2. The van der Waals surface area contributed by atoms with Gasteiger partial charge in [0.15, 0.2) is 5.65 Å². The number of aliphatic hydroxyl groups excluding tert-OH is 1. The first-order valence-corrected chi connectivity index (χ1v) is 8.06. The van der Waals surface area contributed by atoms with E-state index in [0.717, 1.165) is 42.4 Å². The van der Waals surface area contributed by atoms with Gasteiger partial charge in [0.2, 0.25) is 0 Å². The molecular formula is C16H19N7O. The van der Waals surface area contributed by atoms with E-state index in [9.17, 15) is 5.11 Å². The van der Waals surface area contributed by atoms with Crippen molar-refractivity contribution < 1.29 is 5.11 Å². The maximum absolute atomic E-state index is 9.48. The monoisotopic (exact) mass is 325 g/mol. The number of hydrogen-bond donors (Lipinski definition) is 2. The van der Waals surface area contributed by atoms with Gasteiger partial charge in [-0.1, -0.05) is 0 Å². The number of nitrogens with zero attached hydrogens (tertiary/aromatic N) is 6. The van der Waals surface area contributed by atoms with Gasteiger partial charge < -0.3 is 15.3 Å². The molecule has 0 spiro atoms. The third kappa shape index (κ3) is 2.76. The fraction of sp³-hybridized carbons (Fsp3) is 0.375. The molecule has 3 aromatic heterocycles. The molecule has 8 heteroatoms. The summed E-state index contributed by atoms with van der Waals surface area (Å²) in [4.78, 5) is 15.0. The first-order valence-electron chi connectivity index (χ1n) is 8.06. The van der Waals surface area contributed by atoms with Gasteiger partial charge in [0.1, 0.15) is 18.0 Å². The van der Waals surface area contributed by atoms with Gasteiger partial charge in [0.05, 0.1) is 31.1 Å². The number of anilines is 2. The van der Waals surface area contributed by atoms with Crippen LogP contribution in [0.1, 0.15) is 18.5 Å². The Balaban J connectivity index is 1.51. The highest BCUT2D eigenvalue weighted by atomic mass is 16.3. The summed E-state index contributed by atoms with van der Waals surface area (Å²) < 4.78 is 1.80. The third-order valence-electron chi connectivity index (χ3n) is 4.35. The van der Waals surface area contributed by atoms with E-state index in [0.29, 0.717) is 6.54 Å². The maximum atomic E-state index is 9.48. The van der Waals surface area contributed by atoms with E-state index >= 15 is 0 Å². The molecule has 1 atom stereocenters. The van der Waals surface area contributed by atoms with Crippen molar-refractivity contribution in [2.45, 2.75) is 25.4 Å². The number of nitrogens with one attached hydrogen (secondary N) is 1. The minimum Gasteiger partial charge on any atom is -0.394 e. The molecule has 1 unspecified atom stereocenters. The van der Waals surface area contributed by atoms with E-state index in [-0.39, 0.29) is 12.6 Å². The second-order valence-electron chi connectivity index (χ2n) is 5.82. The average molecular weight is 325 g/mol.